The van der Waals surface area contributed by atoms with Gasteiger partial charge in [-0.05, 0) is 13.8 Å². The summed E-state index contributed by atoms with van der Waals surface area (Å²) in [6.07, 6.45) is 0. The van der Waals surface area contributed by atoms with Crippen LogP contribution >= 0.6 is 0 Å². The zero-order valence-corrected chi connectivity index (χ0v) is 7.17. The van der Waals surface area contributed by atoms with Gasteiger partial charge in [0.1, 0.15) is 0 Å². The smallest absolute Gasteiger partial charge is 0.0871 e. The van der Waals surface area contributed by atoms with Crippen molar-refractivity contribution in [2.45, 2.75) is 25.9 Å². The zero-order valence-electron chi connectivity index (χ0n) is 7.17. The Balaban J connectivity index is 2.49. The number of nitriles is 1. The Labute approximate surface area is 68.0 Å². The molecule has 0 aromatic heterocycles. The lowest BCUT2D eigenvalue weighted by atomic mass is 10.1. The summed E-state index contributed by atoms with van der Waals surface area (Å²) < 4.78 is 0. The van der Waals surface area contributed by atoms with Gasteiger partial charge in [0, 0.05) is 25.2 Å². The Kier molecular flexibility index (Phi) is 2.86. The number of nitrogens with zero attached hydrogens (tertiary/aromatic N) is 2. The Morgan fingerprint density at radius 1 is 1.45 bits per heavy atom. The minimum Gasteiger partial charge on any atom is -0.314 e. The third-order valence-corrected chi connectivity index (χ3v) is 2.27. The molecule has 0 amide bonds. The van der Waals surface area contributed by atoms with E-state index in [1.54, 1.807) is 0 Å². The molecule has 3 heteroatoms. The fraction of sp³-hybridized carbons (Fsp3) is 0.875. The van der Waals surface area contributed by atoms with Crippen LogP contribution in [-0.4, -0.2) is 36.6 Å². The van der Waals surface area contributed by atoms with E-state index in [9.17, 15) is 0 Å². The molecular weight excluding hydrogens is 138 g/mol. The largest absolute Gasteiger partial charge is 0.314 e. The van der Waals surface area contributed by atoms with E-state index in [-0.39, 0.29) is 0 Å². The molecule has 0 radical (unpaired) electrons. The minimum atomic E-state index is 0.499. The van der Waals surface area contributed by atoms with Crippen molar-refractivity contribution in [3.63, 3.8) is 0 Å². The van der Waals surface area contributed by atoms with E-state index < -0.39 is 0 Å². The van der Waals surface area contributed by atoms with Crippen molar-refractivity contribution in [2.24, 2.45) is 0 Å². The summed E-state index contributed by atoms with van der Waals surface area (Å²) in [4.78, 5) is 2.23. The van der Waals surface area contributed by atoms with Crippen LogP contribution in [0, 0.1) is 11.3 Å². The zero-order chi connectivity index (χ0) is 8.27. The van der Waals surface area contributed by atoms with Crippen molar-refractivity contribution < 1.29 is 0 Å². The first-order chi connectivity index (χ1) is 5.25. The molecule has 11 heavy (non-hydrogen) atoms. The molecule has 0 spiro atoms. The van der Waals surface area contributed by atoms with Crippen molar-refractivity contribution >= 4 is 0 Å². The van der Waals surface area contributed by atoms with Gasteiger partial charge in [-0.15, -0.1) is 0 Å². The molecule has 1 aliphatic rings. The summed E-state index contributed by atoms with van der Waals surface area (Å²) >= 11 is 0. The number of piperazine rings is 1. The van der Waals surface area contributed by atoms with Crippen LogP contribution in [0.15, 0.2) is 0 Å². The van der Waals surface area contributed by atoms with E-state index in [0.717, 1.165) is 13.1 Å². The summed E-state index contributed by atoms with van der Waals surface area (Å²) in [6.45, 7) is 6.88. The molecule has 62 valence electrons. The van der Waals surface area contributed by atoms with Crippen LogP contribution in [-0.2, 0) is 0 Å². The van der Waals surface area contributed by atoms with Crippen LogP contribution in [0.25, 0.3) is 0 Å². The Hall–Kier alpha value is -0.590. The molecule has 0 bridgehead atoms. The maximum atomic E-state index is 8.54. The van der Waals surface area contributed by atoms with Gasteiger partial charge in [-0.1, -0.05) is 0 Å². The number of rotatable bonds is 1. The molecule has 1 unspecified atom stereocenters. The highest BCUT2D eigenvalue weighted by atomic mass is 15.2. The second-order valence-corrected chi connectivity index (χ2v) is 3.19. The van der Waals surface area contributed by atoms with E-state index >= 15 is 0 Å². The van der Waals surface area contributed by atoms with Crippen LogP contribution in [0.2, 0.25) is 0 Å². The van der Waals surface area contributed by atoms with E-state index in [4.69, 9.17) is 5.26 Å². The van der Waals surface area contributed by atoms with Crippen LogP contribution in [0.5, 0.6) is 0 Å². The molecule has 0 aromatic carbocycles. The van der Waals surface area contributed by atoms with Crippen LogP contribution in [0.4, 0.5) is 0 Å². The summed E-state index contributed by atoms with van der Waals surface area (Å²) in [5.41, 5.74) is 0. The van der Waals surface area contributed by atoms with Crippen molar-refractivity contribution in [3.8, 4) is 6.07 Å². The second-order valence-electron chi connectivity index (χ2n) is 3.19. The van der Waals surface area contributed by atoms with Crippen molar-refractivity contribution in [3.05, 3.63) is 0 Å². The van der Waals surface area contributed by atoms with Crippen LogP contribution in [0.1, 0.15) is 13.8 Å². The highest BCUT2D eigenvalue weighted by molar-refractivity contribution is 4.88. The molecule has 1 N–H and O–H groups in total. The van der Waals surface area contributed by atoms with Gasteiger partial charge in [0.25, 0.3) is 0 Å². The fourth-order valence-electron chi connectivity index (χ4n) is 1.56. The average molecular weight is 153 g/mol. The van der Waals surface area contributed by atoms with Crippen molar-refractivity contribution in [1.82, 2.24) is 10.2 Å². The summed E-state index contributed by atoms with van der Waals surface area (Å²) in [7, 11) is 0. The molecule has 0 saturated carbocycles. The molecular formula is C8H15N3. The van der Waals surface area contributed by atoms with E-state index in [2.05, 4.69) is 30.1 Å². The first-order valence-electron chi connectivity index (χ1n) is 4.09. The van der Waals surface area contributed by atoms with Crippen LogP contribution < -0.4 is 5.32 Å². The predicted molar refractivity (Wildman–Crippen MR) is 44.1 cm³/mol. The number of nitrogens with one attached hydrogen (secondary N) is 1. The first kappa shape index (κ1) is 8.51. The lowest BCUT2D eigenvalue weighted by molar-refractivity contribution is 0.135. The molecule has 0 aliphatic carbocycles. The van der Waals surface area contributed by atoms with Gasteiger partial charge in [0.15, 0.2) is 0 Å². The molecule has 1 rings (SSSR count). The minimum absolute atomic E-state index is 0.499. The molecule has 0 aromatic rings. The maximum Gasteiger partial charge on any atom is 0.0871 e. The van der Waals surface area contributed by atoms with Crippen molar-refractivity contribution in [1.29, 1.82) is 5.26 Å². The van der Waals surface area contributed by atoms with E-state index in [0.29, 0.717) is 18.6 Å². The lowest BCUT2D eigenvalue weighted by Crippen LogP contribution is -2.54. The van der Waals surface area contributed by atoms with Gasteiger partial charge in [-0.3, -0.25) is 4.90 Å². The SMILES string of the molecule is CC1CNC[C@@H](C)N1CC#N. The Morgan fingerprint density at radius 3 is 2.45 bits per heavy atom. The first-order valence-corrected chi connectivity index (χ1v) is 4.09. The Bertz CT molecular complexity index is 151. The van der Waals surface area contributed by atoms with Gasteiger partial charge in [-0.25, -0.2) is 0 Å². The topological polar surface area (TPSA) is 39.1 Å². The number of hydrogen-bond acceptors (Lipinski definition) is 3. The van der Waals surface area contributed by atoms with Gasteiger partial charge >= 0.3 is 0 Å². The molecule has 1 saturated heterocycles. The molecule has 1 aliphatic heterocycles. The standard InChI is InChI=1S/C8H15N3/c1-7-5-10-6-8(2)11(7)4-3-9/h7-8,10H,4-6H2,1-2H3/t7-,8?/m1/s1. The molecule has 1 fully saturated rings. The third-order valence-electron chi connectivity index (χ3n) is 2.27. The van der Waals surface area contributed by atoms with Gasteiger partial charge < -0.3 is 5.32 Å². The average Bonchev–Trinajstić information content (AvgIpc) is 1.97. The highest BCUT2D eigenvalue weighted by Crippen LogP contribution is 2.07. The quantitative estimate of drug-likeness (QED) is 0.547. The summed E-state index contributed by atoms with van der Waals surface area (Å²) in [6, 6.07) is 3.19. The second kappa shape index (κ2) is 3.70. The maximum absolute atomic E-state index is 8.54. The summed E-state index contributed by atoms with van der Waals surface area (Å²) in [5.74, 6) is 0. The van der Waals surface area contributed by atoms with Crippen LogP contribution in [0.3, 0.4) is 0 Å². The molecule has 3 nitrogen and oxygen atoms in total. The summed E-state index contributed by atoms with van der Waals surface area (Å²) in [5, 5.41) is 11.9. The fourth-order valence-corrected chi connectivity index (χ4v) is 1.56. The van der Waals surface area contributed by atoms with E-state index in [1.165, 1.54) is 0 Å². The van der Waals surface area contributed by atoms with Gasteiger partial charge in [0.2, 0.25) is 0 Å². The predicted octanol–water partition coefficient (Wildman–Crippen LogP) is 0.192. The normalized spacial score (nSPS) is 33.2. The molecule has 2 atom stereocenters. The third kappa shape index (κ3) is 1.92. The number of hydrogen-bond donors (Lipinski definition) is 1. The highest BCUT2D eigenvalue weighted by Gasteiger charge is 2.23. The molecule has 1 heterocycles. The van der Waals surface area contributed by atoms with Gasteiger partial charge in [-0.2, -0.15) is 5.26 Å². The van der Waals surface area contributed by atoms with E-state index in [1.807, 2.05) is 0 Å². The lowest BCUT2D eigenvalue weighted by Gasteiger charge is -2.37. The van der Waals surface area contributed by atoms with Gasteiger partial charge in [0.05, 0.1) is 12.6 Å². The Morgan fingerprint density at radius 2 is 2.00 bits per heavy atom. The van der Waals surface area contributed by atoms with Crippen molar-refractivity contribution in [2.75, 3.05) is 19.6 Å². The monoisotopic (exact) mass is 153 g/mol.